The number of anilines is 1. The highest BCUT2D eigenvalue weighted by atomic mass is 35.5. The van der Waals surface area contributed by atoms with Gasteiger partial charge in [0.1, 0.15) is 5.01 Å². The van der Waals surface area contributed by atoms with Gasteiger partial charge in [-0.05, 0) is 19.1 Å². The molecule has 0 unspecified atom stereocenters. The van der Waals surface area contributed by atoms with Crippen molar-refractivity contribution in [2.45, 2.75) is 6.92 Å². The highest BCUT2D eigenvalue weighted by molar-refractivity contribution is 7.19. The number of hydrogen-bond donors (Lipinski definition) is 1. The number of halogens is 1. The summed E-state index contributed by atoms with van der Waals surface area (Å²) in [5, 5.41) is 4.31. The summed E-state index contributed by atoms with van der Waals surface area (Å²) in [5.41, 5.74) is 8.64. The molecule has 1 aromatic carbocycles. The Morgan fingerprint density at radius 1 is 1.16 bits per heavy atom. The molecule has 96 valence electrons. The molecular formula is C13H10ClN3S2. The third-order valence-electron chi connectivity index (χ3n) is 2.64. The van der Waals surface area contributed by atoms with Crippen LogP contribution in [0.4, 0.5) is 5.13 Å². The summed E-state index contributed by atoms with van der Waals surface area (Å²) < 4.78 is 0. The van der Waals surface area contributed by atoms with E-state index in [1.54, 1.807) is 11.3 Å². The summed E-state index contributed by atoms with van der Waals surface area (Å²) in [6.45, 7) is 1.95. The van der Waals surface area contributed by atoms with Crippen molar-refractivity contribution in [3.05, 3.63) is 40.4 Å². The van der Waals surface area contributed by atoms with Crippen LogP contribution in [0.15, 0.2) is 29.6 Å². The first-order chi connectivity index (χ1) is 9.13. The molecule has 0 bridgehead atoms. The van der Waals surface area contributed by atoms with Crippen molar-refractivity contribution in [3.63, 3.8) is 0 Å². The number of nitrogens with zero attached hydrogens (tertiary/aromatic N) is 2. The zero-order chi connectivity index (χ0) is 13.4. The predicted octanol–water partition coefficient (Wildman–Crippen LogP) is 4.48. The van der Waals surface area contributed by atoms with Crippen LogP contribution in [0.5, 0.6) is 0 Å². The first-order valence-electron chi connectivity index (χ1n) is 5.58. The Labute approximate surface area is 123 Å². The van der Waals surface area contributed by atoms with E-state index in [-0.39, 0.29) is 0 Å². The van der Waals surface area contributed by atoms with E-state index in [4.69, 9.17) is 17.3 Å². The fourth-order valence-corrected chi connectivity index (χ4v) is 3.57. The Bertz CT molecular complexity index is 716. The van der Waals surface area contributed by atoms with E-state index in [0.29, 0.717) is 5.13 Å². The van der Waals surface area contributed by atoms with Crippen LogP contribution in [0, 0.1) is 6.92 Å². The van der Waals surface area contributed by atoms with Crippen LogP contribution in [0.25, 0.3) is 21.1 Å². The molecule has 2 N–H and O–H groups in total. The maximum absolute atomic E-state index is 5.89. The number of thiazole rings is 2. The molecule has 0 radical (unpaired) electrons. The smallest absolute Gasteiger partial charge is 0.180 e. The summed E-state index contributed by atoms with van der Waals surface area (Å²) in [4.78, 5) is 9.91. The van der Waals surface area contributed by atoms with Gasteiger partial charge in [0, 0.05) is 16.0 Å². The average Bonchev–Trinajstić information content (AvgIpc) is 2.97. The number of hydrogen-bond acceptors (Lipinski definition) is 5. The molecule has 3 rings (SSSR count). The molecule has 3 nitrogen and oxygen atoms in total. The SMILES string of the molecule is Cc1nc(N)sc1-c1csc(-c2ccc(Cl)cc2)n1. The highest BCUT2D eigenvalue weighted by Gasteiger charge is 2.12. The van der Waals surface area contributed by atoms with Crippen molar-refractivity contribution < 1.29 is 0 Å². The van der Waals surface area contributed by atoms with Gasteiger partial charge in [-0.3, -0.25) is 0 Å². The Balaban J connectivity index is 1.99. The Morgan fingerprint density at radius 3 is 2.53 bits per heavy atom. The van der Waals surface area contributed by atoms with Gasteiger partial charge in [0.25, 0.3) is 0 Å². The van der Waals surface area contributed by atoms with Crippen molar-refractivity contribution >= 4 is 39.4 Å². The molecule has 2 heterocycles. The second-order valence-corrected chi connectivity index (χ2v) is 6.34. The molecule has 0 spiro atoms. The van der Waals surface area contributed by atoms with E-state index in [2.05, 4.69) is 9.97 Å². The quantitative estimate of drug-likeness (QED) is 0.759. The number of benzene rings is 1. The van der Waals surface area contributed by atoms with Crippen LogP contribution < -0.4 is 5.73 Å². The van der Waals surface area contributed by atoms with Crippen molar-refractivity contribution in [2.24, 2.45) is 0 Å². The van der Waals surface area contributed by atoms with E-state index in [0.717, 1.165) is 31.9 Å². The van der Waals surface area contributed by atoms with Crippen molar-refractivity contribution in [1.29, 1.82) is 0 Å². The maximum Gasteiger partial charge on any atom is 0.180 e. The van der Waals surface area contributed by atoms with Gasteiger partial charge >= 0.3 is 0 Å². The van der Waals surface area contributed by atoms with Crippen molar-refractivity contribution in [3.8, 4) is 21.1 Å². The first-order valence-corrected chi connectivity index (χ1v) is 7.65. The lowest BCUT2D eigenvalue weighted by molar-refractivity contribution is 1.26. The Kier molecular flexibility index (Phi) is 3.26. The summed E-state index contributed by atoms with van der Waals surface area (Å²) in [5.74, 6) is 0. The molecule has 0 atom stereocenters. The molecule has 3 aromatic rings. The second kappa shape index (κ2) is 4.92. The van der Waals surface area contributed by atoms with E-state index >= 15 is 0 Å². The van der Waals surface area contributed by atoms with E-state index in [1.165, 1.54) is 11.3 Å². The summed E-state index contributed by atoms with van der Waals surface area (Å²) in [6, 6.07) is 7.68. The standard InChI is InChI=1S/C13H10ClN3S2/c1-7-11(19-13(15)16-7)10-6-18-12(17-10)8-2-4-9(14)5-3-8/h2-6H,1H3,(H2,15,16). The van der Waals surface area contributed by atoms with Crippen LogP contribution in [0.3, 0.4) is 0 Å². The van der Waals surface area contributed by atoms with Gasteiger partial charge in [-0.15, -0.1) is 11.3 Å². The lowest BCUT2D eigenvalue weighted by Gasteiger charge is -1.96. The van der Waals surface area contributed by atoms with Crippen LogP contribution in [0.1, 0.15) is 5.69 Å². The molecule has 2 aromatic heterocycles. The number of aryl methyl sites for hydroxylation is 1. The van der Waals surface area contributed by atoms with Crippen LogP contribution in [-0.2, 0) is 0 Å². The predicted molar refractivity (Wildman–Crippen MR) is 82.8 cm³/mol. The summed E-state index contributed by atoms with van der Waals surface area (Å²) in [7, 11) is 0. The lowest BCUT2D eigenvalue weighted by Crippen LogP contribution is -1.81. The van der Waals surface area contributed by atoms with Gasteiger partial charge < -0.3 is 5.73 Å². The fraction of sp³-hybridized carbons (Fsp3) is 0.0769. The van der Waals surface area contributed by atoms with Crippen LogP contribution >= 0.6 is 34.3 Å². The lowest BCUT2D eigenvalue weighted by atomic mass is 10.2. The fourth-order valence-electron chi connectivity index (χ4n) is 1.76. The second-order valence-electron chi connectivity index (χ2n) is 4.01. The largest absolute Gasteiger partial charge is 0.375 e. The van der Waals surface area contributed by atoms with Crippen LogP contribution in [-0.4, -0.2) is 9.97 Å². The van der Waals surface area contributed by atoms with Crippen molar-refractivity contribution in [2.75, 3.05) is 5.73 Å². The van der Waals surface area contributed by atoms with Gasteiger partial charge in [-0.2, -0.15) is 0 Å². The Hall–Kier alpha value is -1.43. The van der Waals surface area contributed by atoms with Gasteiger partial charge in [-0.25, -0.2) is 9.97 Å². The maximum atomic E-state index is 5.89. The zero-order valence-electron chi connectivity index (χ0n) is 10.1. The normalized spacial score (nSPS) is 10.8. The number of rotatable bonds is 2. The molecule has 6 heteroatoms. The minimum Gasteiger partial charge on any atom is -0.375 e. The number of nitrogens with two attached hydrogens (primary N) is 1. The zero-order valence-corrected chi connectivity index (χ0v) is 12.4. The average molecular weight is 308 g/mol. The summed E-state index contributed by atoms with van der Waals surface area (Å²) in [6.07, 6.45) is 0. The molecule has 0 amide bonds. The van der Waals surface area contributed by atoms with E-state index in [9.17, 15) is 0 Å². The topological polar surface area (TPSA) is 51.8 Å². The number of nitrogen functional groups attached to an aromatic ring is 1. The van der Waals surface area contributed by atoms with Gasteiger partial charge in [0.05, 0.1) is 16.3 Å². The van der Waals surface area contributed by atoms with Gasteiger partial charge in [0.2, 0.25) is 0 Å². The minimum atomic E-state index is 0.577. The highest BCUT2D eigenvalue weighted by Crippen LogP contribution is 2.34. The molecule has 0 aliphatic heterocycles. The Morgan fingerprint density at radius 2 is 1.89 bits per heavy atom. The van der Waals surface area contributed by atoms with Gasteiger partial charge in [-0.1, -0.05) is 35.1 Å². The molecular weight excluding hydrogens is 298 g/mol. The van der Waals surface area contributed by atoms with E-state index < -0.39 is 0 Å². The third-order valence-corrected chi connectivity index (χ3v) is 4.79. The third kappa shape index (κ3) is 2.49. The monoisotopic (exact) mass is 307 g/mol. The van der Waals surface area contributed by atoms with Crippen molar-refractivity contribution in [1.82, 2.24) is 9.97 Å². The number of aromatic nitrogens is 2. The minimum absolute atomic E-state index is 0.577. The van der Waals surface area contributed by atoms with Gasteiger partial charge in [0.15, 0.2) is 5.13 Å². The first kappa shape index (κ1) is 12.6. The molecule has 0 saturated heterocycles. The molecule has 0 fully saturated rings. The molecule has 0 saturated carbocycles. The molecule has 19 heavy (non-hydrogen) atoms. The summed E-state index contributed by atoms with van der Waals surface area (Å²) >= 11 is 8.96. The van der Waals surface area contributed by atoms with E-state index in [1.807, 2.05) is 36.6 Å². The van der Waals surface area contributed by atoms with Crippen LogP contribution in [0.2, 0.25) is 5.02 Å². The molecule has 0 aliphatic carbocycles. The molecule has 0 aliphatic rings.